The number of aromatic nitrogens is 3. The third kappa shape index (κ3) is 3.58. The second-order valence-corrected chi connectivity index (χ2v) is 4.85. The molecule has 0 aliphatic heterocycles. The Morgan fingerprint density at radius 3 is 2.90 bits per heavy atom. The largest absolute Gasteiger partial charge is 0.369 e. The Kier molecular flexibility index (Phi) is 4.72. The van der Waals surface area contributed by atoms with Crippen molar-refractivity contribution < 1.29 is 0 Å². The fraction of sp³-hybridized carbons (Fsp3) is 0.400. The van der Waals surface area contributed by atoms with Gasteiger partial charge in [0.05, 0.1) is 11.9 Å². The summed E-state index contributed by atoms with van der Waals surface area (Å²) in [5.74, 6) is 0.702. The van der Waals surface area contributed by atoms with Gasteiger partial charge < -0.3 is 9.88 Å². The van der Waals surface area contributed by atoms with Crippen LogP contribution in [0.3, 0.4) is 0 Å². The summed E-state index contributed by atoms with van der Waals surface area (Å²) in [6, 6.07) is 4.15. The average molecular weight is 269 g/mol. The van der Waals surface area contributed by atoms with Crippen LogP contribution in [0.1, 0.15) is 29.7 Å². The van der Waals surface area contributed by atoms with Crippen molar-refractivity contribution in [3.05, 3.63) is 41.6 Å². The molecule has 0 atom stereocenters. The molecule has 0 radical (unpaired) electrons. The number of hydrogen-bond donors (Lipinski definition) is 1. The number of pyridine rings is 1. The van der Waals surface area contributed by atoms with E-state index in [1.54, 1.807) is 6.20 Å². The fourth-order valence-corrected chi connectivity index (χ4v) is 2.15. The molecule has 5 heteroatoms. The third-order valence-corrected chi connectivity index (χ3v) is 3.15. The molecule has 20 heavy (non-hydrogen) atoms. The molecule has 0 aliphatic rings. The zero-order valence-electron chi connectivity index (χ0n) is 11.9. The SMILES string of the molecule is Cc1cc(C)c(C#N)c(NCCCCn2ccnc2)n1. The Bertz CT molecular complexity index is 595. The molecule has 0 fully saturated rings. The summed E-state index contributed by atoms with van der Waals surface area (Å²) in [7, 11) is 0. The van der Waals surface area contributed by atoms with E-state index in [2.05, 4.69) is 25.9 Å². The van der Waals surface area contributed by atoms with Gasteiger partial charge in [0.1, 0.15) is 11.9 Å². The highest BCUT2D eigenvalue weighted by molar-refractivity contribution is 5.56. The van der Waals surface area contributed by atoms with E-state index < -0.39 is 0 Å². The highest BCUT2D eigenvalue weighted by Gasteiger charge is 2.07. The van der Waals surface area contributed by atoms with Crippen molar-refractivity contribution in [2.24, 2.45) is 0 Å². The van der Waals surface area contributed by atoms with Gasteiger partial charge in [0, 0.05) is 31.2 Å². The monoisotopic (exact) mass is 269 g/mol. The highest BCUT2D eigenvalue weighted by Crippen LogP contribution is 2.17. The summed E-state index contributed by atoms with van der Waals surface area (Å²) in [4.78, 5) is 8.42. The van der Waals surface area contributed by atoms with Crippen molar-refractivity contribution in [1.82, 2.24) is 14.5 Å². The first-order chi connectivity index (χ1) is 9.70. The van der Waals surface area contributed by atoms with Crippen LogP contribution in [-0.2, 0) is 6.54 Å². The number of aryl methyl sites for hydroxylation is 3. The van der Waals surface area contributed by atoms with Crippen LogP contribution in [0, 0.1) is 25.2 Å². The Morgan fingerprint density at radius 2 is 2.20 bits per heavy atom. The fourth-order valence-electron chi connectivity index (χ4n) is 2.15. The number of nitrogens with one attached hydrogen (secondary N) is 1. The number of anilines is 1. The van der Waals surface area contributed by atoms with Crippen molar-refractivity contribution in [1.29, 1.82) is 5.26 Å². The van der Waals surface area contributed by atoms with Gasteiger partial charge in [-0.1, -0.05) is 0 Å². The molecule has 0 saturated heterocycles. The van der Waals surface area contributed by atoms with Crippen LogP contribution >= 0.6 is 0 Å². The van der Waals surface area contributed by atoms with Gasteiger partial charge in [0.2, 0.25) is 0 Å². The van der Waals surface area contributed by atoms with E-state index in [4.69, 9.17) is 0 Å². The lowest BCUT2D eigenvalue weighted by Crippen LogP contribution is -2.08. The lowest BCUT2D eigenvalue weighted by molar-refractivity contribution is 0.620. The number of nitrogens with zero attached hydrogens (tertiary/aromatic N) is 4. The first-order valence-electron chi connectivity index (χ1n) is 6.78. The standard InChI is InChI=1S/C15H19N5/c1-12-9-13(2)19-15(14(12)10-16)18-5-3-4-7-20-8-6-17-11-20/h6,8-9,11H,3-5,7H2,1-2H3,(H,18,19). The quantitative estimate of drug-likeness (QED) is 0.819. The number of rotatable bonds is 6. The summed E-state index contributed by atoms with van der Waals surface area (Å²) in [6.07, 6.45) is 7.67. The van der Waals surface area contributed by atoms with E-state index in [0.717, 1.165) is 37.2 Å². The zero-order valence-corrected chi connectivity index (χ0v) is 11.9. The minimum absolute atomic E-state index is 0.644. The summed E-state index contributed by atoms with van der Waals surface area (Å²) >= 11 is 0. The van der Waals surface area contributed by atoms with Gasteiger partial charge >= 0.3 is 0 Å². The maximum Gasteiger partial charge on any atom is 0.144 e. The first-order valence-corrected chi connectivity index (χ1v) is 6.78. The summed E-state index contributed by atoms with van der Waals surface area (Å²) in [5.41, 5.74) is 2.55. The molecule has 2 heterocycles. The van der Waals surface area contributed by atoms with E-state index in [1.165, 1.54) is 0 Å². The van der Waals surface area contributed by atoms with Crippen LogP contribution in [0.25, 0.3) is 0 Å². The predicted molar refractivity (Wildman–Crippen MR) is 78.4 cm³/mol. The molecular formula is C15H19N5. The Labute approximate surface area is 119 Å². The van der Waals surface area contributed by atoms with Gasteiger partial charge in [-0.05, 0) is 38.3 Å². The highest BCUT2D eigenvalue weighted by atomic mass is 15.0. The summed E-state index contributed by atoms with van der Waals surface area (Å²) < 4.78 is 2.07. The molecule has 0 unspecified atom stereocenters. The van der Waals surface area contributed by atoms with Crippen molar-refractivity contribution in [2.75, 3.05) is 11.9 Å². The molecule has 0 spiro atoms. The topological polar surface area (TPSA) is 66.5 Å². The molecule has 2 aromatic heterocycles. The van der Waals surface area contributed by atoms with E-state index in [-0.39, 0.29) is 0 Å². The molecule has 1 N–H and O–H groups in total. The molecule has 0 bridgehead atoms. The van der Waals surface area contributed by atoms with Gasteiger partial charge in [-0.2, -0.15) is 5.26 Å². The van der Waals surface area contributed by atoms with E-state index >= 15 is 0 Å². The Hall–Kier alpha value is -2.35. The van der Waals surface area contributed by atoms with Crippen LogP contribution in [-0.4, -0.2) is 21.1 Å². The van der Waals surface area contributed by atoms with Gasteiger partial charge in [0.15, 0.2) is 0 Å². The van der Waals surface area contributed by atoms with Crippen LogP contribution in [0.5, 0.6) is 0 Å². The maximum absolute atomic E-state index is 9.18. The van der Waals surface area contributed by atoms with E-state index in [1.807, 2.05) is 32.4 Å². The maximum atomic E-state index is 9.18. The second-order valence-electron chi connectivity index (χ2n) is 4.85. The van der Waals surface area contributed by atoms with Gasteiger partial charge in [-0.3, -0.25) is 0 Å². The molecule has 2 aromatic rings. The summed E-state index contributed by atoms with van der Waals surface area (Å²) in [6.45, 7) is 5.67. The molecule has 5 nitrogen and oxygen atoms in total. The lowest BCUT2D eigenvalue weighted by atomic mass is 10.1. The predicted octanol–water partition coefficient (Wildman–Crippen LogP) is 2.66. The van der Waals surface area contributed by atoms with Crippen LogP contribution in [0.15, 0.2) is 24.8 Å². The number of imidazole rings is 1. The summed E-state index contributed by atoms with van der Waals surface area (Å²) in [5, 5.41) is 12.4. The smallest absolute Gasteiger partial charge is 0.144 e. The van der Waals surface area contributed by atoms with E-state index in [9.17, 15) is 5.26 Å². The Balaban J connectivity index is 1.83. The van der Waals surface area contributed by atoms with Crippen LogP contribution in [0.2, 0.25) is 0 Å². The molecule has 0 amide bonds. The van der Waals surface area contributed by atoms with Crippen molar-refractivity contribution in [2.45, 2.75) is 33.2 Å². The molecule has 104 valence electrons. The molecular weight excluding hydrogens is 250 g/mol. The van der Waals surface area contributed by atoms with Crippen LogP contribution < -0.4 is 5.32 Å². The average Bonchev–Trinajstić information content (AvgIpc) is 2.91. The van der Waals surface area contributed by atoms with Crippen LogP contribution in [0.4, 0.5) is 5.82 Å². The molecule has 0 aliphatic carbocycles. The normalized spacial score (nSPS) is 10.2. The van der Waals surface area contributed by atoms with Crippen molar-refractivity contribution in [3.63, 3.8) is 0 Å². The van der Waals surface area contributed by atoms with Gasteiger partial charge in [0.25, 0.3) is 0 Å². The number of hydrogen-bond acceptors (Lipinski definition) is 4. The Morgan fingerprint density at radius 1 is 1.35 bits per heavy atom. The first kappa shape index (κ1) is 14.1. The second kappa shape index (κ2) is 6.71. The van der Waals surface area contributed by atoms with E-state index in [0.29, 0.717) is 11.4 Å². The van der Waals surface area contributed by atoms with Gasteiger partial charge in [-0.15, -0.1) is 0 Å². The number of unbranched alkanes of at least 4 members (excludes halogenated alkanes) is 1. The minimum Gasteiger partial charge on any atom is -0.369 e. The third-order valence-electron chi connectivity index (χ3n) is 3.15. The number of nitriles is 1. The molecule has 0 saturated carbocycles. The van der Waals surface area contributed by atoms with Crippen molar-refractivity contribution in [3.8, 4) is 6.07 Å². The zero-order chi connectivity index (χ0) is 14.4. The minimum atomic E-state index is 0.644. The lowest BCUT2D eigenvalue weighted by Gasteiger charge is -2.10. The molecule has 2 rings (SSSR count). The van der Waals surface area contributed by atoms with Crippen molar-refractivity contribution >= 4 is 5.82 Å². The molecule has 0 aromatic carbocycles. The van der Waals surface area contributed by atoms with Gasteiger partial charge in [-0.25, -0.2) is 9.97 Å².